The van der Waals surface area contributed by atoms with Gasteiger partial charge in [-0.05, 0) is 12.8 Å². The molecule has 1 fully saturated rings. The Labute approximate surface area is 165 Å². The summed E-state index contributed by atoms with van der Waals surface area (Å²) < 4.78 is 0. The number of likely N-dealkylation sites (N-methyl/N-ethyl adjacent to an activating group) is 2. The molecule has 28 heavy (non-hydrogen) atoms. The van der Waals surface area contributed by atoms with Crippen LogP contribution in [0.25, 0.3) is 0 Å². The molecular formula is C18H32N4O6. The maximum Gasteiger partial charge on any atom is 0.317 e. The van der Waals surface area contributed by atoms with E-state index in [4.69, 9.17) is 0 Å². The van der Waals surface area contributed by atoms with Crippen molar-refractivity contribution in [1.82, 2.24) is 19.6 Å². The highest BCUT2D eigenvalue weighted by Crippen LogP contribution is 2.27. The van der Waals surface area contributed by atoms with Crippen LogP contribution < -0.4 is 0 Å². The van der Waals surface area contributed by atoms with E-state index in [1.807, 2.05) is 0 Å². The summed E-state index contributed by atoms with van der Waals surface area (Å²) >= 11 is 0. The van der Waals surface area contributed by atoms with Crippen LogP contribution in [0.5, 0.6) is 0 Å². The highest BCUT2D eigenvalue weighted by molar-refractivity contribution is 5.79. The summed E-state index contributed by atoms with van der Waals surface area (Å²) in [6.07, 6.45) is 3.00. The second kappa shape index (κ2) is 11.0. The standard InChI is InChI=1S/C18H32N4O6/c1-19(2)15(23)9-21(11-17(25)26)13-7-5-6-8-14(13)22(12-18(27)28)10-16(24)20(3)4/h13-14H,5-12H2,1-4H3,(H,25,26)(H,27,28)/t13-,14-/m1/s1. The predicted octanol–water partition coefficient (Wildman–Crippen LogP) is -0.753. The lowest BCUT2D eigenvalue weighted by Gasteiger charge is -2.44. The van der Waals surface area contributed by atoms with Crippen LogP contribution in [-0.2, 0) is 19.2 Å². The van der Waals surface area contributed by atoms with Gasteiger partial charge in [-0.25, -0.2) is 0 Å². The molecule has 2 N–H and O–H groups in total. The first kappa shape index (κ1) is 23.8. The Morgan fingerprint density at radius 1 is 0.679 bits per heavy atom. The third-order valence-electron chi connectivity index (χ3n) is 4.98. The molecule has 10 nitrogen and oxygen atoms in total. The largest absolute Gasteiger partial charge is 0.480 e. The lowest BCUT2D eigenvalue weighted by Crippen LogP contribution is -2.58. The second-order valence-electron chi connectivity index (χ2n) is 7.59. The number of hydrogen-bond donors (Lipinski definition) is 2. The van der Waals surface area contributed by atoms with E-state index >= 15 is 0 Å². The Balaban J connectivity index is 3.13. The molecule has 0 unspecified atom stereocenters. The third-order valence-corrected chi connectivity index (χ3v) is 4.98. The van der Waals surface area contributed by atoms with Gasteiger partial charge in [0.15, 0.2) is 0 Å². The number of aliphatic carboxylic acids is 2. The molecule has 0 bridgehead atoms. The zero-order chi connectivity index (χ0) is 21.4. The van der Waals surface area contributed by atoms with E-state index in [0.29, 0.717) is 12.8 Å². The van der Waals surface area contributed by atoms with Gasteiger partial charge in [0.1, 0.15) is 0 Å². The molecule has 1 saturated carbocycles. The summed E-state index contributed by atoms with van der Waals surface area (Å²) in [6, 6.07) is -0.633. The first-order chi connectivity index (χ1) is 13.0. The molecule has 1 rings (SSSR count). The highest BCUT2D eigenvalue weighted by Gasteiger charge is 2.37. The van der Waals surface area contributed by atoms with E-state index in [9.17, 15) is 29.4 Å². The molecule has 0 aromatic rings. The summed E-state index contributed by atoms with van der Waals surface area (Å²) in [5.41, 5.74) is 0. The predicted molar refractivity (Wildman–Crippen MR) is 102 cm³/mol. The Bertz CT molecular complexity index is 530. The molecule has 10 heteroatoms. The number of rotatable bonds is 10. The van der Waals surface area contributed by atoms with Crippen LogP contribution >= 0.6 is 0 Å². The fourth-order valence-corrected chi connectivity index (χ4v) is 3.50. The summed E-state index contributed by atoms with van der Waals surface area (Å²) in [6.45, 7) is -0.765. The van der Waals surface area contributed by atoms with Crippen molar-refractivity contribution in [3.8, 4) is 0 Å². The van der Waals surface area contributed by atoms with Gasteiger partial charge in [-0.3, -0.25) is 29.0 Å². The van der Waals surface area contributed by atoms with Crippen LogP contribution in [-0.4, -0.2) is 120 Å². The smallest absolute Gasteiger partial charge is 0.317 e. The van der Waals surface area contributed by atoms with Crippen LogP contribution in [0.2, 0.25) is 0 Å². The number of hydrogen-bond acceptors (Lipinski definition) is 6. The first-order valence-corrected chi connectivity index (χ1v) is 9.35. The molecule has 160 valence electrons. The Hall–Kier alpha value is -2.20. The third kappa shape index (κ3) is 7.43. The SMILES string of the molecule is CN(C)C(=O)CN(CC(=O)O)[C@@H]1CCCC[C@H]1N(CC(=O)O)CC(=O)N(C)C. The van der Waals surface area contributed by atoms with Gasteiger partial charge in [0.05, 0.1) is 26.2 Å². The number of carboxylic acid groups (broad SMARTS) is 2. The van der Waals surface area contributed by atoms with E-state index in [2.05, 4.69) is 0 Å². The average molecular weight is 400 g/mol. The highest BCUT2D eigenvalue weighted by atomic mass is 16.4. The van der Waals surface area contributed by atoms with E-state index in [1.165, 1.54) is 9.80 Å². The molecular weight excluding hydrogens is 368 g/mol. The van der Waals surface area contributed by atoms with Gasteiger partial charge in [0, 0.05) is 40.3 Å². The fraction of sp³-hybridized carbons (Fsp3) is 0.778. The fourth-order valence-electron chi connectivity index (χ4n) is 3.50. The van der Waals surface area contributed by atoms with Crippen molar-refractivity contribution in [1.29, 1.82) is 0 Å². The molecule has 0 aliphatic heterocycles. The van der Waals surface area contributed by atoms with Crippen molar-refractivity contribution >= 4 is 23.8 Å². The average Bonchev–Trinajstić information content (AvgIpc) is 2.59. The lowest BCUT2D eigenvalue weighted by molar-refractivity contribution is -0.145. The molecule has 1 aliphatic carbocycles. The summed E-state index contributed by atoms with van der Waals surface area (Å²) in [5, 5.41) is 18.6. The summed E-state index contributed by atoms with van der Waals surface area (Å²) in [4.78, 5) is 53.2. The zero-order valence-electron chi connectivity index (χ0n) is 17.1. The molecule has 0 saturated heterocycles. The monoisotopic (exact) mass is 400 g/mol. The van der Waals surface area contributed by atoms with Crippen molar-refractivity contribution < 1.29 is 29.4 Å². The molecule has 0 spiro atoms. The van der Waals surface area contributed by atoms with E-state index in [0.717, 1.165) is 12.8 Å². The van der Waals surface area contributed by atoms with E-state index in [-0.39, 0.29) is 50.1 Å². The minimum absolute atomic E-state index is 0.0665. The van der Waals surface area contributed by atoms with Gasteiger partial charge < -0.3 is 20.0 Å². The van der Waals surface area contributed by atoms with Gasteiger partial charge in [-0.15, -0.1) is 0 Å². The molecule has 1 aliphatic rings. The molecule has 0 heterocycles. The Morgan fingerprint density at radius 2 is 1.00 bits per heavy atom. The number of carboxylic acids is 2. The number of carbonyl (C=O) groups is 4. The van der Waals surface area contributed by atoms with Crippen LogP contribution in [0.4, 0.5) is 0 Å². The lowest BCUT2D eigenvalue weighted by atomic mass is 9.87. The minimum Gasteiger partial charge on any atom is -0.480 e. The van der Waals surface area contributed by atoms with Crippen molar-refractivity contribution in [2.45, 2.75) is 37.8 Å². The van der Waals surface area contributed by atoms with Crippen LogP contribution in [0.1, 0.15) is 25.7 Å². The van der Waals surface area contributed by atoms with Gasteiger partial charge in [-0.2, -0.15) is 0 Å². The molecule has 2 amide bonds. The Morgan fingerprint density at radius 3 is 1.25 bits per heavy atom. The van der Waals surface area contributed by atoms with Gasteiger partial charge >= 0.3 is 11.9 Å². The van der Waals surface area contributed by atoms with Crippen molar-refractivity contribution in [3.05, 3.63) is 0 Å². The van der Waals surface area contributed by atoms with Crippen LogP contribution in [0.3, 0.4) is 0 Å². The molecule has 0 aromatic carbocycles. The molecule has 2 atom stereocenters. The Kier molecular flexibility index (Phi) is 9.33. The van der Waals surface area contributed by atoms with Crippen molar-refractivity contribution in [2.75, 3.05) is 54.4 Å². The van der Waals surface area contributed by atoms with Crippen LogP contribution in [0, 0.1) is 0 Å². The quantitative estimate of drug-likeness (QED) is 0.491. The molecule has 0 radical (unpaired) electrons. The van der Waals surface area contributed by atoms with Crippen LogP contribution in [0.15, 0.2) is 0 Å². The molecule has 0 aromatic heterocycles. The second-order valence-corrected chi connectivity index (χ2v) is 7.59. The van der Waals surface area contributed by atoms with Gasteiger partial charge in [0.25, 0.3) is 0 Å². The van der Waals surface area contributed by atoms with E-state index < -0.39 is 11.9 Å². The maximum absolute atomic E-state index is 12.2. The normalized spacial score (nSPS) is 19.5. The summed E-state index contributed by atoms with van der Waals surface area (Å²) in [7, 11) is 6.41. The number of amides is 2. The number of carbonyl (C=O) groups excluding carboxylic acids is 2. The summed E-state index contributed by atoms with van der Waals surface area (Å²) in [5.74, 6) is -2.55. The van der Waals surface area contributed by atoms with Gasteiger partial charge in [0.2, 0.25) is 11.8 Å². The van der Waals surface area contributed by atoms with Crippen molar-refractivity contribution in [2.24, 2.45) is 0 Å². The zero-order valence-corrected chi connectivity index (χ0v) is 17.1. The topological polar surface area (TPSA) is 122 Å². The van der Waals surface area contributed by atoms with Gasteiger partial charge in [-0.1, -0.05) is 12.8 Å². The maximum atomic E-state index is 12.2. The first-order valence-electron chi connectivity index (χ1n) is 9.35. The number of nitrogens with zero attached hydrogens (tertiary/aromatic N) is 4. The van der Waals surface area contributed by atoms with Crippen molar-refractivity contribution in [3.63, 3.8) is 0 Å². The minimum atomic E-state index is -1.05. The van der Waals surface area contributed by atoms with E-state index in [1.54, 1.807) is 38.0 Å².